The van der Waals surface area contributed by atoms with Crippen molar-refractivity contribution in [3.8, 4) is 0 Å². The van der Waals surface area contributed by atoms with E-state index in [9.17, 15) is 9.59 Å². The van der Waals surface area contributed by atoms with Crippen LogP contribution < -0.4 is 0 Å². The largest absolute Gasteiger partial charge is 0.466 e. The fourth-order valence-corrected chi connectivity index (χ4v) is 2.49. The average Bonchev–Trinajstić information content (AvgIpc) is 2.79. The number of carbonyl (C=O) groups excluding carboxylic acids is 2. The number of amides is 1. The van der Waals surface area contributed by atoms with Crippen molar-refractivity contribution in [2.45, 2.75) is 26.7 Å². The predicted molar refractivity (Wildman–Crippen MR) is 73.2 cm³/mol. The van der Waals surface area contributed by atoms with Gasteiger partial charge >= 0.3 is 5.97 Å². The predicted octanol–water partition coefficient (Wildman–Crippen LogP) is 1.14. The highest BCUT2D eigenvalue weighted by Crippen LogP contribution is 2.20. The minimum absolute atomic E-state index is 0.0513. The van der Waals surface area contributed by atoms with E-state index in [0.717, 1.165) is 18.5 Å². The first-order valence-electron chi connectivity index (χ1n) is 6.99. The molecule has 2 heterocycles. The van der Waals surface area contributed by atoms with Gasteiger partial charge in [-0.1, -0.05) is 0 Å². The van der Waals surface area contributed by atoms with Crippen LogP contribution in [0.25, 0.3) is 0 Å². The van der Waals surface area contributed by atoms with E-state index in [2.05, 4.69) is 5.10 Å². The molecule has 1 atom stereocenters. The maximum absolute atomic E-state index is 12.5. The summed E-state index contributed by atoms with van der Waals surface area (Å²) in [6, 6.07) is 0. The molecule has 0 radical (unpaired) electrons. The Bertz CT molecular complexity index is 510. The van der Waals surface area contributed by atoms with Gasteiger partial charge in [0, 0.05) is 25.8 Å². The van der Waals surface area contributed by atoms with Crippen molar-refractivity contribution in [3.05, 3.63) is 17.5 Å². The first-order valence-corrected chi connectivity index (χ1v) is 6.99. The number of hydrogen-bond acceptors (Lipinski definition) is 4. The Morgan fingerprint density at radius 3 is 2.85 bits per heavy atom. The summed E-state index contributed by atoms with van der Waals surface area (Å²) in [7, 11) is 1.81. The zero-order valence-corrected chi connectivity index (χ0v) is 12.3. The molecule has 0 bridgehead atoms. The lowest BCUT2D eigenvalue weighted by Gasteiger charge is -2.31. The first kappa shape index (κ1) is 14.6. The molecule has 0 spiro atoms. The van der Waals surface area contributed by atoms with Gasteiger partial charge in [0.05, 0.1) is 24.3 Å². The van der Waals surface area contributed by atoms with Gasteiger partial charge in [-0.05, 0) is 26.7 Å². The summed E-state index contributed by atoms with van der Waals surface area (Å²) in [6.07, 6.45) is 3.20. The second kappa shape index (κ2) is 6.07. The highest BCUT2D eigenvalue weighted by atomic mass is 16.5. The van der Waals surface area contributed by atoms with Crippen molar-refractivity contribution in [2.24, 2.45) is 13.0 Å². The lowest BCUT2D eigenvalue weighted by Crippen LogP contribution is -2.43. The van der Waals surface area contributed by atoms with Gasteiger partial charge in [0.15, 0.2) is 0 Å². The highest BCUT2D eigenvalue weighted by Gasteiger charge is 2.30. The SMILES string of the molecule is CCOC(=O)[C@@H]1CCCN(C(=O)c2cnn(C)c2C)C1. The Kier molecular flexibility index (Phi) is 4.42. The summed E-state index contributed by atoms with van der Waals surface area (Å²) in [6.45, 7) is 5.16. The van der Waals surface area contributed by atoms with E-state index >= 15 is 0 Å². The Hall–Kier alpha value is -1.85. The van der Waals surface area contributed by atoms with Gasteiger partial charge < -0.3 is 9.64 Å². The van der Waals surface area contributed by atoms with Crippen LogP contribution in [0.3, 0.4) is 0 Å². The molecule has 2 rings (SSSR count). The molecule has 0 aliphatic carbocycles. The van der Waals surface area contributed by atoms with Crippen LogP contribution in [0.4, 0.5) is 0 Å². The summed E-state index contributed by atoms with van der Waals surface area (Å²) in [4.78, 5) is 26.0. The smallest absolute Gasteiger partial charge is 0.310 e. The van der Waals surface area contributed by atoms with Gasteiger partial charge in [0.25, 0.3) is 5.91 Å². The number of likely N-dealkylation sites (tertiary alicyclic amines) is 1. The average molecular weight is 279 g/mol. The molecule has 6 heteroatoms. The Morgan fingerprint density at radius 1 is 1.50 bits per heavy atom. The zero-order valence-electron chi connectivity index (χ0n) is 12.3. The van der Waals surface area contributed by atoms with Crippen molar-refractivity contribution in [1.29, 1.82) is 0 Å². The molecule has 1 aliphatic heterocycles. The maximum atomic E-state index is 12.5. The summed E-state index contributed by atoms with van der Waals surface area (Å²) in [5, 5.41) is 4.09. The minimum Gasteiger partial charge on any atom is -0.466 e. The number of carbonyl (C=O) groups is 2. The van der Waals surface area contributed by atoms with Crippen LogP contribution >= 0.6 is 0 Å². The Labute approximate surface area is 118 Å². The van der Waals surface area contributed by atoms with Gasteiger partial charge in [-0.15, -0.1) is 0 Å². The number of hydrogen-bond donors (Lipinski definition) is 0. The molecule has 6 nitrogen and oxygen atoms in total. The maximum Gasteiger partial charge on any atom is 0.310 e. The van der Waals surface area contributed by atoms with Crippen molar-refractivity contribution in [2.75, 3.05) is 19.7 Å². The molecular formula is C14H21N3O3. The standard InChI is InChI=1S/C14H21N3O3/c1-4-20-14(19)11-6-5-7-17(9-11)13(18)12-8-15-16(3)10(12)2/h8,11H,4-7,9H2,1-3H3/t11-/m1/s1. The monoisotopic (exact) mass is 279 g/mol. The van der Waals surface area contributed by atoms with E-state index in [1.807, 2.05) is 14.0 Å². The van der Waals surface area contributed by atoms with Gasteiger partial charge in [0.2, 0.25) is 0 Å². The third kappa shape index (κ3) is 2.84. The number of aromatic nitrogens is 2. The van der Waals surface area contributed by atoms with Crippen molar-refractivity contribution in [1.82, 2.24) is 14.7 Å². The number of rotatable bonds is 3. The van der Waals surface area contributed by atoms with Gasteiger partial charge in [-0.3, -0.25) is 14.3 Å². The molecule has 1 fully saturated rings. The quantitative estimate of drug-likeness (QED) is 0.778. The summed E-state index contributed by atoms with van der Waals surface area (Å²) in [5.41, 5.74) is 1.45. The first-order chi connectivity index (χ1) is 9.54. The second-order valence-corrected chi connectivity index (χ2v) is 5.11. The van der Waals surface area contributed by atoms with Gasteiger partial charge in [0.1, 0.15) is 0 Å². The molecule has 1 saturated heterocycles. The fraction of sp³-hybridized carbons (Fsp3) is 0.643. The van der Waals surface area contributed by atoms with E-state index in [1.165, 1.54) is 0 Å². The number of aryl methyl sites for hydroxylation is 1. The Morgan fingerprint density at radius 2 is 2.25 bits per heavy atom. The molecular weight excluding hydrogens is 258 g/mol. The lowest BCUT2D eigenvalue weighted by atomic mass is 9.97. The normalized spacial score (nSPS) is 18.9. The molecule has 1 aromatic rings. The third-order valence-electron chi connectivity index (χ3n) is 3.79. The van der Waals surface area contributed by atoms with Crippen LogP contribution in [0.15, 0.2) is 6.20 Å². The van der Waals surface area contributed by atoms with Crippen molar-refractivity contribution >= 4 is 11.9 Å². The molecule has 20 heavy (non-hydrogen) atoms. The summed E-state index contributed by atoms with van der Waals surface area (Å²) >= 11 is 0. The van der Waals surface area contributed by atoms with Crippen LogP contribution in [0.2, 0.25) is 0 Å². The van der Waals surface area contributed by atoms with E-state index < -0.39 is 0 Å². The topological polar surface area (TPSA) is 64.4 Å². The number of piperidine rings is 1. The number of nitrogens with zero attached hydrogens (tertiary/aromatic N) is 3. The number of esters is 1. The van der Waals surface area contributed by atoms with E-state index in [4.69, 9.17) is 4.74 Å². The van der Waals surface area contributed by atoms with Crippen LogP contribution in [-0.4, -0.2) is 46.3 Å². The van der Waals surface area contributed by atoms with Gasteiger partial charge in [-0.25, -0.2) is 0 Å². The lowest BCUT2D eigenvalue weighted by molar-refractivity contribution is -0.149. The van der Waals surface area contributed by atoms with Gasteiger partial charge in [-0.2, -0.15) is 5.10 Å². The molecule has 1 amide bonds. The Balaban J connectivity index is 2.07. The minimum atomic E-state index is -0.204. The second-order valence-electron chi connectivity index (χ2n) is 5.11. The third-order valence-corrected chi connectivity index (χ3v) is 3.79. The van der Waals surface area contributed by atoms with E-state index in [-0.39, 0.29) is 17.8 Å². The summed E-state index contributed by atoms with van der Waals surface area (Å²) < 4.78 is 6.73. The molecule has 1 aliphatic rings. The molecule has 0 N–H and O–H groups in total. The van der Waals surface area contributed by atoms with Crippen LogP contribution in [0.1, 0.15) is 35.8 Å². The van der Waals surface area contributed by atoms with Crippen LogP contribution in [0.5, 0.6) is 0 Å². The zero-order chi connectivity index (χ0) is 14.7. The van der Waals surface area contributed by atoms with E-state index in [0.29, 0.717) is 25.3 Å². The molecule has 1 aromatic heterocycles. The van der Waals surface area contributed by atoms with Crippen molar-refractivity contribution < 1.29 is 14.3 Å². The highest BCUT2D eigenvalue weighted by molar-refractivity contribution is 5.95. The fourth-order valence-electron chi connectivity index (χ4n) is 2.49. The molecule has 0 saturated carbocycles. The molecule has 0 aromatic carbocycles. The summed E-state index contributed by atoms with van der Waals surface area (Å²) in [5.74, 6) is -0.456. The van der Waals surface area contributed by atoms with Crippen LogP contribution in [-0.2, 0) is 16.6 Å². The van der Waals surface area contributed by atoms with Crippen molar-refractivity contribution in [3.63, 3.8) is 0 Å². The van der Waals surface area contributed by atoms with E-state index in [1.54, 1.807) is 22.7 Å². The molecule has 0 unspecified atom stereocenters. The molecule has 110 valence electrons. The van der Waals surface area contributed by atoms with Crippen LogP contribution in [0, 0.1) is 12.8 Å². The number of ether oxygens (including phenoxy) is 1.